The average Bonchev–Trinajstić information content (AvgIpc) is 2.56. The van der Waals surface area contributed by atoms with Crippen molar-refractivity contribution in [3.8, 4) is 0 Å². The van der Waals surface area contributed by atoms with Gasteiger partial charge < -0.3 is 10.2 Å². The molecule has 0 aromatic heterocycles. The summed E-state index contributed by atoms with van der Waals surface area (Å²) in [6.45, 7) is 7.80. The molecule has 0 aliphatic rings. The van der Waals surface area contributed by atoms with E-state index in [-0.39, 0.29) is 10.8 Å². The summed E-state index contributed by atoms with van der Waals surface area (Å²) in [6.07, 6.45) is 1.13. The summed E-state index contributed by atoms with van der Waals surface area (Å²) in [5.41, 5.74) is 2.85. The lowest BCUT2D eigenvalue weighted by Crippen LogP contribution is -2.21. The molecule has 0 unspecified atom stereocenters. The van der Waals surface area contributed by atoms with E-state index in [1.807, 2.05) is 24.3 Å². The van der Waals surface area contributed by atoms with E-state index < -0.39 is 9.84 Å². The highest BCUT2D eigenvalue weighted by Crippen LogP contribution is 2.20. The lowest BCUT2D eigenvalue weighted by molar-refractivity contribution is 0.102. The fourth-order valence-corrected chi connectivity index (χ4v) is 3.27. The molecule has 0 heterocycles. The highest BCUT2D eigenvalue weighted by Gasteiger charge is 2.14. The predicted molar refractivity (Wildman–Crippen MR) is 102 cm³/mol. The van der Waals surface area contributed by atoms with Crippen molar-refractivity contribution in [2.45, 2.75) is 25.7 Å². The minimum atomic E-state index is -3.35. The molecule has 0 radical (unpaired) electrons. The van der Waals surface area contributed by atoms with Gasteiger partial charge in [0, 0.05) is 36.3 Å². The summed E-state index contributed by atoms with van der Waals surface area (Å²) in [5.74, 6) is -0.321. The van der Waals surface area contributed by atoms with E-state index >= 15 is 0 Å². The normalized spacial score (nSPS) is 11.2. The third kappa shape index (κ3) is 4.60. The molecule has 2 rings (SSSR count). The Bertz CT molecular complexity index is 855. The van der Waals surface area contributed by atoms with Gasteiger partial charge in [-0.05, 0) is 62.7 Å². The third-order valence-corrected chi connectivity index (χ3v) is 5.25. The number of nitrogens with zero attached hydrogens (tertiary/aromatic N) is 1. The number of hydrogen-bond donors (Lipinski definition) is 1. The van der Waals surface area contributed by atoms with Gasteiger partial charge in [-0.3, -0.25) is 4.79 Å². The Morgan fingerprint density at radius 2 is 1.64 bits per heavy atom. The van der Waals surface area contributed by atoms with Crippen molar-refractivity contribution in [3.63, 3.8) is 0 Å². The first-order valence-corrected chi connectivity index (χ1v) is 10.1. The van der Waals surface area contributed by atoms with Crippen LogP contribution in [0.2, 0.25) is 0 Å². The van der Waals surface area contributed by atoms with Crippen molar-refractivity contribution in [3.05, 3.63) is 53.6 Å². The summed E-state index contributed by atoms with van der Waals surface area (Å²) in [4.78, 5) is 14.9. The van der Waals surface area contributed by atoms with Crippen molar-refractivity contribution < 1.29 is 13.2 Å². The maximum absolute atomic E-state index is 12.5. The van der Waals surface area contributed by atoms with E-state index in [1.54, 1.807) is 13.0 Å². The topological polar surface area (TPSA) is 66.5 Å². The molecule has 0 bridgehead atoms. The number of amides is 1. The molecule has 134 valence electrons. The van der Waals surface area contributed by atoms with Gasteiger partial charge in [-0.25, -0.2) is 8.42 Å². The smallest absolute Gasteiger partial charge is 0.255 e. The van der Waals surface area contributed by atoms with Crippen LogP contribution in [0.3, 0.4) is 0 Å². The fourth-order valence-electron chi connectivity index (χ4n) is 2.62. The standard InChI is InChI=1S/C19H24N2O3S/c1-5-21(6-2)16-10-8-15(9-11-16)20-19(22)18-13-17(25(4,23)24)12-7-14(18)3/h7-13H,5-6H2,1-4H3,(H,20,22). The van der Waals surface area contributed by atoms with Crippen molar-refractivity contribution >= 4 is 27.1 Å². The van der Waals surface area contributed by atoms with Crippen LogP contribution in [0.4, 0.5) is 11.4 Å². The van der Waals surface area contributed by atoms with Gasteiger partial charge in [0.1, 0.15) is 0 Å². The van der Waals surface area contributed by atoms with Crippen LogP contribution in [0.5, 0.6) is 0 Å². The summed E-state index contributed by atoms with van der Waals surface area (Å²) in [5, 5.41) is 2.83. The van der Waals surface area contributed by atoms with Gasteiger partial charge in [-0.2, -0.15) is 0 Å². The van der Waals surface area contributed by atoms with Crippen LogP contribution < -0.4 is 10.2 Å². The first kappa shape index (κ1) is 19.0. The second-order valence-corrected chi connectivity index (χ2v) is 7.94. The lowest BCUT2D eigenvalue weighted by Gasteiger charge is -2.21. The molecule has 6 heteroatoms. The molecule has 0 saturated heterocycles. The molecule has 0 atom stereocenters. The monoisotopic (exact) mass is 360 g/mol. The van der Waals surface area contributed by atoms with Gasteiger partial charge >= 0.3 is 0 Å². The summed E-state index contributed by atoms with van der Waals surface area (Å²) < 4.78 is 23.4. The van der Waals surface area contributed by atoms with Crippen LogP contribution in [0.25, 0.3) is 0 Å². The number of carbonyl (C=O) groups excluding carboxylic acids is 1. The molecule has 0 spiro atoms. The third-order valence-electron chi connectivity index (χ3n) is 4.14. The van der Waals surface area contributed by atoms with Gasteiger partial charge in [-0.1, -0.05) is 6.07 Å². The zero-order valence-corrected chi connectivity index (χ0v) is 15.9. The van der Waals surface area contributed by atoms with Crippen LogP contribution >= 0.6 is 0 Å². The van der Waals surface area contributed by atoms with Crippen molar-refractivity contribution in [2.75, 3.05) is 29.6 Å². The fraction of sp³-hybridized carbons (Fsp3) is 0.316. The van der Waals surface area contributed by atoms with Crippen molar-refractivity contribution in [1.29, 1.82) is 0 Å². The molecule has 2 aromatic carbocycles. The van der Waals surface area contributed by atoms with E-state index in [1.165, 1.54) is 12.1 Å². The first-order chi connectivity index (χ1) is 11.8. The van der Waals surface area contributed by atoms with E-state index in [2.05, 4.69) is 24.1 Å². The summed E-state index contributed by atoms with van der Waals surface area (Å²) in [6, 6.07) is 12.2. The largest absolute Gasteiger partial charge is 0.372 e. The molecule has 0 fully saturated rings. The van der Waals surface area contributed by atoms with Gasteiger partial charge in [0.25, 0.3) is 5.91 Å². The molecule has 0 aliphatic heterocycles. The van der Waals surface area contributed by atoms with E-state index in [9.17, 15) is 13.2 Å². The maximum atomic E-state index is 12.5. The number of anilines is 2. The minimum Gasteiger partial charge on any atom is -0.372 e. The molecular weight excluding hydrogens is 336 g/mol. The number of rotatable bonds is 6. The lowest BCUT2D eigenvalue weighted by atomic mass is 10.1. The van der Waals surface area contributed by atoms with E-state index in [0.717, 1.165) is 30.6 Å². The Kier molecular flexibility index (Phi) is 5.85. The second-order valence-electron chi connectivity index (χ2n) is 5.92. The van der Waals surface area contributed by atoms with Crippen LogP contribution in [-0.2, 0) is 9.84 Å². The summed E-state index contributed by atoms with van der Waals surface area (Å²) >= 11 is 0. The molecule has 0 aliphatic carbocycles. The number of benzene rings is 2. The molecule has 0 saturated carbocycles. The number of hydrogen-bond acceptors (Lipinski definition) is 4. The van der Waals surface area contributed by atoms with Crippen LogP contribution in [0.15, 0.2) is 47.4 Å². The van der Waals surface area contributed by atoms with Gasteiger partial charge in [0.05, 0.1) is 4.90 Å². The van der Waals surface area contributed by atoms with E-state index in [4.69, 9.17) is 0 Å². The first-order valence-electron chi connectivity index (χ1n) is 8.23. The molecule has 5 nitrogen and oxygen atoms in total. The molecule has 25 heavy (non-hydrogen) atoms. The Balaban J connectivity index is 2.22. The summed E-state index contributed by atoms with van der Waals surface area (Å²) in [7, 11) is -3.35. The SMILES string of the molecule is CCN(CC)c1ccc(NC(=O)c2cc(S(C)(=O)=O)ccc2C)cc1. The highest BCUT2D eigenvalue weighted by molar-refractivity contribution is 7.90. The number of sulfone groups is 1. The van der Waals surface area contributed by atoms with Crippen LogP contribution in [0.1, 0.15) is 29.8 Å². The zero-order chi connectivity index (χ0) is 18.6. The van der Waals surface area contributed by atoms with Gasteiger partial charge in [0.15, 0.2) is 9.84 Å². The quantitative estimate of drug-likeness (QED) is 0.856. The molecular formula is C19H24N2O3S. The highest BCUT2D eigenvalue weighted by atomic mass is 32.2. The zero-order valence-electron chi connectivity index (χ0n) is 15.0. The Morgan fingerprint density at radius 1 is 1.04 bits per heavy atom. The Morgan fingerprint density at radius 3 is 2.16 bits per heavy atom. The second kappa shape index (κ2) is 7.70. The maximum Gasteiger partial charge on any atom is 0.255 e. The Labute approximate surface area is 149 Å². The average molecular weight is 360 g/mol. The number of aryl methyl sites for hydroxylation is 1. The van der Waals surface area contributed by atoms with Gasteiger partial charge in [0.2, 0.25) is 0 Å². The molecule has 1 amide bonds. The molecule has 1 N–H and O–H groups in total. The molecule has 2 aromatic rings. The van der Waals surface area contributed by atoms with Crippen molar-refractivity contribution in [2.24, 2.45) is 0 Å². The van der Waals surface area contributed by atoms with Crippen LogP contribution in [-0.4, -0.2) is 33.7 Å². The minimum absolute atomic E-state index is 0.139. The van der Waals surface area contributed by atoms with Gasteiger partial charge in [-0.15, -0.1) is 0 Å². The number of carbonyl (C=O) groups is 1. The predicted octanol–water partition coefficient (Wildman–Crippen LogP) is 3.50. The Hall–Kier alpha value is -2.34. The number of nitrogens with one attached hydrogen (secondary N) is 1. The van der Waals surface area contributed by atoms with E-state index in [0.29, 0.717) is 11.3 Å². The van der Waals surface area contributed by atoms with Crippen molar-refractivity contribution in [1.82, 2.24) is 0 Å². The van der Waals surface area contributed by atoms with Crippen LogP contribution in [0, 0.1) is 6.92 Å².